The lowest BCUT2D eigenvalue weighted by Gasteiger charge is -2.05. The molecule has 1 fully saturated rings. The SMILES string of the molecule is N#Cc1ccncc1OCCC1CC1. The second kappa shape index (κ2) is 4.10. The minimum atomic E-state index is 0.566. The van der Waals surface area contributed by atoms with Gasteiger partial charge in [-0.25, -0.2) is 0 Å². The van der Waals surface area contributed by atoms with Crippen molar-refractivity contribution in [1.82, 2.24) is 4.98 Å². The summed E-state index contributed by atoms with van der Waals surface area (Å²) in [5, 5.41) is 8.78. The maximum Gasteiger partial charge on any atom is 0.155 e. The van der Waals surface area contributed by atoms with E-state index in [1.54, 1.807) is 18.5 Å². The Bertz CT molecular complexity index is 353. The first kappa shape index (κ1) is 9.01. The molecule has 14 heavy (non-hydrogen) atoms. The van der Waals surface area contributed by atoms with E-state index in [2.05, 4.69) is 11.1 Å². The van der Waals surface area contributed by atoms with Crippen molar-refractivity contribution in [2.45, 2.75) is 19.3 Å². The van der Waals surface area contributed by atoms with Gasteiger partial charge in [0.25, 0.3) is 0 Å². The van der Waals surface area contributed by atoms with E-state index in [4.69, 9.17) is 10.00 Å². The Hall–Kier alpha value is -1.56. The van der Waals surface area contributed by atoms with Crippen LogP contribution in [-0.4, -0.2) is 11.6 Å². The number of pyridine rings is 1. The van der Waals surface area contributed by atoms with E-state index < -0.39 is 0 Å². The van der Waals surface area contributed by atoms with Gasteiger partial charge < -0.3 is 4.74 Å². The van der Waals surface area contributed by atoms with Crippen molar-refractivity contribution in [3.8, 4) is 11.8 Å². The summed E-state index contributed by atoms with van der Waals surface area (Å²) in [4.78, 5) is 3.93. The summed E-state index contributed by atoms with van der Waals surface area (Å²) in [7, 11) is 0. The minimum Gasteiger partial charge on any atom is -0.491 e. The standard InChI is InChI=1S/C11H12N2O/c12-7-10-3-5-13-8-11(10)14-6-4-9-1-2-9/h3,5,8-9H,1-2,4,6H2. The Kier molecular flexibility index (Phi) is 2.64. The second-order valence-corrected chi connectivity index (χ2v) is 3.56. The van der Waals surface area contributed by atoms with Gasteiger partial charge in [0.05, 0.1) is 18.4 Å². The van der Waals surface area contributed by atoms with Gasteiger partial charge in [-0.3, -0.25) is 4.98 Å². The fourth-order valence-corrected chi connectivity index (χ4v) is 1.33. The summed E-state index contributed by atoms with van der Waals surface area (Å²) < 4.78 is 5.49. The van der Waals surface area contributed by atoms with Crippen LogP contribution in [0.25, 0.3) is 0 Å². The van der Waals surface area contributed by atoms with E-state index in [0.29, 0.717) is 17.9 Å². The zero-order valence-corrected chi connectivity index (χ0v) is 7.94. The molecule has 3 heteroatoms. The molecular weight excluding hydrogens is 176 g/mol. The molecule has 1 aliphatic rings. The average Bonchev–Trinajstić information content (AvgIpc) is 3.03. The van der Waals surface area contributed by atoms with Crippen LogP contribution in [-0.2, 0) is 0 Å². The van der Waals surface area contributed by atoms with Gasteiger partial charge in [0.2, 0.25) is 0 Å². The van der Waals surface area contributed by atoms with Crippen molar-refractivity contribution in [3.05, 3.63) is 24.0 Å². The van der Waals surface area contributed by atoms with Gasteiger partial charge in [-0.1, -0.05) is 12.8 Å². The van der Waals surface area contributed by atoms with Crippen LogP contribution in [0.4, 0.5) is 0 Å². The molecule has 0 aliphatic heterocycles. The van der Waals surface area contributed by atoms with Crippen LogP contribution in [0.15, 0.2) is 18.5 Å². The lowest BCUT2D eigenvalue weighted by molar-refractivity contribution is 0.300. The molecule has 2 rings (SSSR count). The van der Waals surface area contributed by atoms with Crippen molar-refractivity contribution in [2.24, 2.45) is 5.92 Å². The van der Waals surface area contributed by atoms with E-state index in [-0.39, 0.29) is 0 Å². The van der Waals surface area contributed by atoms with Gasteiger partial charge in [0.1, 0.15) is 6.07 Å². The van der Waals surface area contributed by atoms with Crippen LogP contribution in [0.5, 0.6) is 5.75 Å². The van der Waals surface area contributed by atoms with E-state index in [1.807, 2.05) is 0 Å². The summed E-state index contributed by atoms with van der Waals surface area (Å²) in [6.07, 6.45) is 6.97. The molecule has 0 spiro atoms. The van der Waals surface area contributed by atoms with Gasteiger partial charge in [-0.2, -0.15) is 5.26 Å². The number of hydrogen-bond donors (Lipinski definition) is 0. The van der Waals surface area contributed by atoms with E-state index in [1.165, 1.54) is 12.8 Å². The fraction of sp³-hybridized carbons (Fsp3) is 0.455. The van der Waals surface area contributed by atoms with Crippen molar-refractivity contribution in [2.75, 3.05) is 6.61 Å². The summed E-state index contributed by atoms with van der Waals surface area (Å²) >= 11 is 0. The number of nitrogens with zero attached hydrogens (tertiary/aromatic N) is 2. The highest BCUT2D eigenvalue weighted by Crippen LogP contribution is 2.32. The Labute approximate surface area is 83.3 Å². The number of ether oxygens (including phenoxy) is 1. The van der Waals surface area contributed by atoms with E-state index in [0.717, 1.165) is 12.3 Å². The molecule has 1 aliphatic carbocycles. The highest BCUT2D eigenvalue weighted by atomic mass is 16.5. The molecule has 0 bridgehead atoms. The summed E-state index contributed by atoms with van der Waals surface area (Å²) in [5.74, 6) is 1.47. The molecule has 1 aromatic rings. The van der Waals surface area contributed by atoms with Gasteiger partial charge in [-0.05, 0) is 18.4 Å². The molecule has 0 atom stereocenters. The summed E-state index contributed by atoms with van der Waals surface area (Å²) in [5.41, 5.74) is 0.566. The third kappa shape index (κ3) is 2.23. The molecule has 0 saturated heterocycles. The molecule has 0 unspecified atom stereocenters. The summed E-state index contributed by atoms with van der Waals surface area (Å²) in [6.45, 7) is 0.699. The lowest BCUT2D eigenvalue weighted by Crippen LogP contribution is -2.00. The number of nitriles is 1. The van der Waals surface area contributed by atoms with Crippen molar-refractivity contribution >= 4 is 0 Å². The number of aromatic nitrogens is 1. The predicted molar refractivity (Wildman–Crippen MR) is 51.8 cm³/mol. The quantitative estimate of drug-likeness (QED) is 0.727. The molecule has 0 N–H and O–H groups in total. The maximum atomic E-state index is 8.78. The molecule has 1 aromatic heterocycles. The van der Waals surface area contributed by atoms with Crippen molar-refractivity contribution in [1.29, 1.82) is 5.26 Å². The van der Waals surface area contributed by atoms with Crippen molar-refractivity contribution < 1.29 is 4.74 Å². The van der Waals surface area contributed by atoms with E-state index >= 15 is 0 Å². The number of rotatable bonds is 4. The molecule has 0 amide bonds. The van der Waals surface area contributed by atoms with Gasteiger partial charge in [-0.15, -0.1) is 0 Å². The highest BCUT2D eigenvalue weighted by molar-refractivity contribution is 5.40. The molecule has 1 saturated carbocycles. The molecule has 72 valence electrons. The number of hydrogen-bond acceptors (Lipinski definition) is 3. The maximum absolute atomic E-state index is 8.78. The molecular formula is C11H12N2O. The monoisotopic (exact) mass is 188 g/mol. The Morgan fingerprint density at radius 2 is 2.43 bits per heavy atom. The third-order valence-corrected chi connectivity index (χ3v) is 2.39. The Morgan fingerprint density at radius 1 is 1.57 bits per heavy atom. The smallest absolute Gasteiger partial charge is 0.155 e. The zero-order chi connectivity index (χ0) is 9.80. The van der Waals surface area contributed by atoms with Crippen LogP contribution in [0.3, 0.4) is 0 Å². The first-order chi connectivity index (χ1) is 6.90. The Morgan fingerprint density at radius 3 is 3.14 bits per heavy atom. The average molecular weight is 188 g/mol. The molecule has 0 aromatic carbocycles. The second-order valence-electron chi connectivity index (χ2n) is 3.56. The van der Waals surface area contributed by atoms with Crippen LogP contribution in [0, 0.1) is 17.2 Å². The molecule has 1 heterocycles. The van der Waals surface area contributed by atoms with Crippen LogP contribution >= 0.6 is 0 Å². The Balaban J connectivity index is 1.90. The van der Waals surface area contributed by atoms with Crippen LogP contribution < -0.4 is 4.74 Å². The predicted octanol–water partition coefficient (Wildman–Crippen LogP) is 2.13. The minimum absolute atomic E-state index is 0.566. The lowest BCUT2D eigenvalue weighted by atomic mass is 10.2. The first-order valence-corrected chi connectivity index (χ1v) is 4.87. The topological polar surface area (TPSA) is 45.9 Å². The third-order valence-electron chi connectivity index (χ3n) is 2.39. The zero-order valence-electron chi connectivity index (χ0n) is 7.94. The van der Waals surface area contributed by atoms with Gasteiger partial charge in [0.15, 0.2) is 5.75 Å². The van der Waals surface area contributed by atoms with Crippen LogP contribution in [0.1, 0.15) is 24.8 Å². The van der Waals surface area contributed by atoms with Crippen LogP contribution in [0.2, 0.25) is 0 Å². The summed E-state index contributed by atoms with van der Waals surface area (Å²) in [6, 6.07) is 3.76. The molecule has 3 nitrogen and oxygen atoms in total. The fourth-order valence-electron chi connectivity index (χ4n) is 1.33. The largest absolute Gasteiger partial charge is 0.491 e. The van der Waals surface area contributed by atoms with Gasteiger partial charge >= 0.3 is 0 Å². The molecule has 0 radical (unpaired) electrons. The van der Waals surface area contributed by atoms with E-state index in [9.17, 15) is 0 Å². The van der Waals surface area contributed by atoms with Crippen molar-refractivity contribution in [3.63, 3.8) is 0 Å². The van der Waals surface area contributed by atoms with Gasteiger partial charge in [0, 0.05) is 6.20 Å². The highest BCUT2D eigenvalue weighted by Gasteiger charge is 2.20. The first-order valence-electron chi connectivity index (χ1n) is 4.87. The normalized spacial score (nSPS) is 14.8.